The van der Waals surface area contributed by atoms with Gasteiger partial charge in [0.1, 0.15) is 54.4 Å². The fourth-order valence-electron chi connectivity index (χ4n) is 6.45. The average molecular weight is 1110 g/mol. The van der Waals surface area contributed by atoms with Crippen molar-refractivity contribution in [1.82, 2.24) is 47.9 Å². The number of aliphatic imine (C=N–C) groups is 1. The third-order valence-electron chi connectivity index (χ3n) is 10.8. The Bertz CT molecular complexity index is 2030. The third-order valence-corrected chi connectivity index (χ3v) is 11.4. The van der Waals surface area contributed by atoms with Crippen LogP contribution in [0.1, 0.15) is 67.2 Å². The molecule has 0 heterocycles. The van der Waals surface area contributed by atoms with E-state index < -0.39 is 175 Å². The summed E-state index contributed by atoms with van der Waals surface area (Å²) >= 11 is 1.38. The van der Waals surface area contributed by atoms with E-state index in [0.717, 1.165) is 41.5 Å². The van der Waals surface area contributed by atoms with Gasteiger partial charge in [-0.15, -0.1) is 0 Å². The second kappa shape index (κ2) is 34.2. The quantitative estimate of drug-likeness (QED) is 0.0159. The maximum atomic E-state index is 13.6. The van der Waals surface area contributed by atoms with E-state index in [1.54, 1.807) is 6.26 Å². The van der Waals surface area contributed by atoms with Crippen LogP contribution in [-0.2, 0) is 52.7 Å². The second-order valence-electron chi connectivity index (χ2n) is 17.6. The molecule has 0 saturated carbocycles. The Kier molecular flexibility index (Phi) is 31.3. The number of nitrogens with zero attached hydrogens (tertiary/aromatic N) is 1. The lowest BCUT2D eigenvalue weighted by molar-refractivity contribution is -0.143. The molecule has 0 aromatic carbocycles. The van der Waals surface area contributed by atoms with Crippen LogP contribution in [0.15, 0.2) is 4.99 Å². The molecule has 25 N–H and O–H groups in total. The minimum atomic E-state index is -2.07. The molecule has 0 saturated heterocycles. The Morgan fingerprint density at radius 2 is 0.763 bits per heavy atom. The zero-order chi connectivity index (χ0) is 58.9. The molecule has 0 aromatic rings. The number of thioether (sulfide) groups is 1. The Balaban J connectivity index is 6.27. The molecule has 0 spiro atoms. The van der Waals surface area contributed by atoms with E-state index in [1.165, 1.54) is 11.8 Å². The molecule has 0 bridgehead atoms. The number of rotatable bonds is 35. The van der Waals surface area contributed by atoms with E-state index in [-0.39, 0.29) is 31.8 Å². The summed E-state index contributed by atoms with van der Waals surface area (Å²) in [7, 11) is 0. The van der Waals surface area contributed by atoms with Gasteiger partial charge in [0.2, 0.25) is 59.1 Å². The van der Waals surface area contributed by atoms with Gasteiger partial charge < -0.3 is 112 Å². The first-order chi connectivity index (χ1) is 35.2. The Morgan fingerprint density at radius 3 is 1.05 bits per heavy atom. The van der Waals surface area contributed by atoms with Crippen molar-refractivity contribution in [2.24, 2.45) is 27.9 Å². The first-order valence-electron chi connectivity index (χ1n) is 23.5. The average Bonchev–Trinajstić information content (AvgIpc) is 3.31. The van der Waals surface area contributed by atoms with Gasteiger partial charge in [-0.05, 0) is 72.8 Å². The molecule has 76 heavy (non-hydrogen) atoms. The molecule has 0 aliphatic rings. The number of amides is 10. The van der Waals surface area contributed by atoms with Crippen molar-refractivity contribution in [3.05, 3.63) is 0 Å². The summed E-state index contributed by atoms with van der Waals surface area (Å²) in [5.41, 5.74) is 21.6. The number of carbonyl (C=O) groups is 11. The second-order valence-corrected chi connectivity index (χ2v) is 18.6. The summed E-state index contributed by atoms with van der Waals surface area (Å²) in [5.74, 6) is -13.8. The number of hydrogen-bond acceptors (Lipinski definition) is 21. The molecule has 0 unspecified atom stereocenters. The van der Waals surface area contributed by atoms with Crippen molar-refractivity contribution >= 4 is 82.8 Å². The predicted octanol–water partition coefficient (Wildman–Crippen LogP) is -11.3. The normalized spacial score (nSPS) is 17.5. The first-order valence-corrected chi connectivity index (χ1v) is 24.8. The van der Waals surface area contributed by atoms with Gasteiger partial charge in [0, 0.05) is 6.54 Å². The fraction of sp³-hybridized carbons (Fsp3) is 0.714. The monoisotopic (exact) mass is 1110 g/mol. The molecule has 0 rings (SSSR count). The summed E-state index contributed by atoms with van der Waals surface area (Å²) < 4.78 is 0. The highest BCUT2D eigenvalue weighted by Crippen LogP contribution is 2.08. The lowest BCUT2D eigenvalue weighted by Gasteiger charge is -2.31. The number of carboxylic acids is 1. The minimum absolute atomic E-state index is 0.00634. The van der Waals surface area contributed by atoms with Crippen molar-refractivity contribution in [2.45, 2.75) is 164 Å². The van der Waals surface area contributed by atoms with Gasteiger partial charge in [-0.25, -0.2) is 4.79 Å². The van der Waals surface area contributed by atoms with Crippen molar-refractivity contribution < 1.29 is 93.6 Å². The van der Waals surface area contributed by atoms with Crippen LogP contribution in [0.25, 0.3) is 0 Å². The largest absolute Gasteiger partial charge is 0.480 e. The maximum absolute atomic E-state index is 13.6. The number of aliphatic hydroxyl groups excluding tert-OH is 7. The molecular weight excluding hydrogens is 1040 g/mol. The highest BCUT2D eigenvalue weighted by Gasteiger charge is 2.40. The van der Waals surface area contributed by atoms with E-state index in [9.17, 15) is 93.6 Å². The molecule has 0 radical (unpaired) electrons. The van der Waals surface area contributed by atoms with Crippen LogP contribution in [0, 0.1) is 0 Å². The van der Waals surface area contributed by atoms with Crippen molar-refractivity contribution in [1.29, 1.82) is 0 Å². The minimum Gasteiger partial charge on any atom is -0.480 e. The highest BCUT2D eigenvalue weighted by molar-refractivity contribution is 7.98. The first kappa shape index (κ1) is 69.5. The summed E-state index contributed by atoms with van der Waals surface area (Å²) in [6, 6.07) is -18.3. The lowest BCUT2D eigenvalue weighted by Crippen LogP contribution is -2.65. The van der Waals surface area contributed by atoms with Gasteiger partial charge >= 0.3 is 5.97 Å². The standard InChI is InChI=1S/C42H76N14O19S/c1-15(58)26(35(68)50-24(14-57)34(67)48-22(41(74)75)9-8-11-47-42(45)46)52-37(70)28(17(3)60)54-39(72)30(19(5)62)56-40(73)31(20(6)63)55-38(71)29(18(4)61)53-36(69)27(16(2)59)51-33(66)23(13-25(44)64)49-32(65)21(43)10-12-76-7/h15-24,26-31,57-63H,8-14,43H2,1-7H3,(H2,44,64)(H,48,67)(H,49,65)(H,50,68)(H,51,66)(H,52,70)(H,53,69)(H,54,72)(H,55,71)(H,56,73)(H,74,75)(H4,45,46,47)/t15-,16-,17-,18-,19-,20-,21+,22+,23+,24+,26+,27+,28+,29+,30+,31+/m1/s1. The maximum Gasteiger partial charge on any atom is 0.326 e. The van der Waals surface area contributed by atoms with E-state index in [1.807, 2.05) is 16.0 Å². The smallest absolute Gasteiger partial charge is 0.326 e. The molecule has 0 fully saturated rings. The van der Waals surface area contributed by atoms with Gasteiger partial charge in [0.25, 0.3) is 0 Å². The van der Waals surface area contributed by atoms with Gasteiger partial charge in [-0.3, -0.25) is 52.9 Å². The molecule has 33 nitrogen and oxygen atoms in total. The summed E-state index contributed by atoms with van der Waals surface area (Å²) in [4.78, 5) is 147. The molecule has 16 atom stereocenters. The van der Waals surface area contributed by atoms with Gasteiger partial charge in [-0.1, -0.05) is 0 Å². The zero-order valence-electron chi connectivity index (χ0n) is 42.9. The van der Waals surface area contributed by atoms with E-state index in [4.69, 9.17) is 22.9 Å². The van der Waals surface area contributed by atoms with E-state index in [0.29, 0.717) is 5.75 Å². The molecule has 434 valence electrons. The number of aliphatic carboxylic acids is 1. The van der Waals surface area contributed by atoms with Crippen LogP contribution in [0.3, 0.4) is 0 Å². The van der Waals surface area contributed by atoms with Gasteiger partial charge in [-0.2, -0.15) is 11.8 Å². The number of guanidine groups is 1. The lowest BCUT2D eigenvalue weighted by atomic mass is 10.0. The molecular formula is C42H76N14O19S. The Morgan fingerprint density at radius 1 is 0.461 bits per heavy atom. The number of hydrogen-bond donors (Lipinski definition) is 21. The van der Waals surface area contributed by atoms with Crippen molar-refractivity contribution in [3.63, 3.8) is 0 Å². The van der Waals surface area contributed by atoms with Crippen LogP contribution in [0.4, 0.5) is 0 Å². The van der Waals surface area contributed by atoms with Gasteiger partial charge in [0.15, 0.2) is 5.96 Å². The van der Waals surface area contributed by atoms with Crippen LogP contribution in [0.5, 0.6) is 0 Å². The predicted molar refractivity (Wildman–Crippen MR) is 267 cm³/mol. The summed E-state index contributed by atoms with van der Waals surface area (Å²) in [6.07, 6.45) is -9.81. The number of carboxylic acid groups (broad SMARTS) is 1. The van der Waals surface area contributed by atoms with E-state index >= 15 is 0 Å². The highest BCUT2D eigenvalue weighted by atomic mass is 32.2. The number of nitrogens with two attached hydrogens (primary N) is 4. The van der Waals surface area contributed by atoms with Crippen molar-refractivity contribution in [3.8, 4) is 0 Å². The third kappa shape index (κ3) is 24.4. The molecule has 34 heteroatoms. The molecule has 0 aromatic heterocycles. The van der Waals surface area contributed by atoms with Gasteiger partial charge in [0.05, 0.1) is 55.7 Å². The van der Waals surface area contributed by atoms with Crippen LogP contribution < -0.4 is 70.8 Å². The molecule has 0 aliphatic carbocycles. The molecule has 0 aliphatic heterocycles. The van der Waals surface area contributed by atoms with Crippen LogP contribution in [0.2, 0.25) is 0 Å². The van der Waals surface area contributed by atoms with Crippen LogP contribution in [-0.4, -0.2) is 234 Å². The molecule has 10 amide bonds. The number of carbonyl (C=O) groups excluding carboxylic acids is 10. The van der Waals surface area contributed by atoms with Crippen LogP contribution >= 0.6 is 11.8 Å². The van der Waals surface area contributed by atoms with E-state index in [2.05, 4.69) is 36.9 Å². The number of nitrogens with one attached hydrogen (secondary N) is 9. The topological polar surface area (TPSA) is 574 Å². The summed E-state index contributed by atoms with van der Waals surface area (Å²) in [5, 5.41) is 101. The number of primary amides is 1. The fourth-order valence-corrected chi connectivity index (χ4v) is 6.94. The Hall–Kier alpha value is -6.53. The van der Waals surface area contributed by atoms with Crippen molar-refractivity contribution in [2.75, 3.05) is 25.2 Å². The Labute approximate surface area is 440 Å². The number of aliphatic hydroxyl groups is 7. The zero-order valence-corrected chi connectivity index (χ0v) is 43.7. The summed E-state index contributed by atoms with van der Waals surface area (Å²) in [6.45, 7) is 4.89. The SMILES string of the molecule is CSCC[C@H](N)C(=O)N[C@@H](CC(N)=O)C(=O)N[C@H](C(=O)N[C@H](C(=O)N[C@H](C(=O)N[C@H](C(=O)N[C@H](C(=O)N[C@H](C(=O)N[C@@H](CO)C(=O)N[C@@H](CCCN=C(N)N)C(=O)O)[C@@H](C)O)[C@@H](C)O)[C@@H](C)O)[C@@H](C)O)[C@@H](C)O)[C@@H](C)O.